The third-order valence-corrected chi connectivity index (χ3v) is 10.6. The highest BCUT2D eigenvalue weighted by molar-refractivity contribution is 7.99. The molecule has 0 heterocycles. The fourth-order valence-electron chi connectivity index (χ4n) is 8.74. The summed E-state index contributed by atoms with van der Waals surface area (Å²) in [5.74, 6) is 1.98. The van der Waals surface area contributed by atoms with Gasteiger partial charge in [-0.15, -0.1) is 0 Å². The summed E-state index contributed by atoms with van der Waals surface area (Å²) in [6.07, 6.45) is 3.31. The molecule has 43 heavy (non-hydrogen) atoms. The topological polar surface area (TPSA) is 38.7 Å². The Hall–Kier alpha value is -3.63. The fourth-order valence-corrected chi connectivity index (χ4v) is 9.80. The molecule has 0 saturated heterocycles. The molecule has 1 saturated carbocycles. The summed E-state index contributed by atoms with van der Waals surface area (Å²) in [4.78, 5) is 1.97. The maximum Gasteiger partial charge on any atom is 0.133 e. The first-order valence-electron chi connectivity index (χ1n) is 15.4. The summed E-state index contributed by atoms with van der Waals surface area (Å²) in [7, 11) is 1.72. The first-order chi connectivity index (χ1) is 20.5. The number of aromatic hydroxyl groups is 1. The number of benzene rings is 5. The van der Waals surface area contributed by atoms with Crippen molar-refractivity contribution in [3.05, 3.63) is 90.0 Å². The van der Waals surface area contributed by atoms with Crippen LogP contribution in [0.1, 0.15) is 65.0 Å². The molecule has 5 aromatic carbocycles. The van der Waals surface area contributed by atoms with Crippen LogP contribution in [0.5, 0.6) is 17.2 Å². The van der Waals surface area contributed by atoms with E-state index >= 15 is 0 Å². The quantitative estimate of drug-likeness (QED) is 0.222. The molecule has 0 atom stereocenters. The van der Waals surface area contributed by atoms with Crippen molar-refractivity contribution in [3.63, 3.8) is 0 Å². The van der Waals surface area contributed by atoms with E-state index in [-0.39, 0.29) is 16.2 Å². The summed E-state index contributed by atoms with van der Waals surface area (Å²) in [5.41, 5.74) is 5.41. The number of ether oxygens (including phenoxy) is 2. The molecule has 1 N–H and O–H groups in total. The zero-order chi connectivity index (χ0) is 30.1. The number of fused-ring (bicyclic) bond motifs is 8. The number of hydrogen-bond acceptors (Lipinski definition) is 4. The highest BCUT2D eigenvalue weighted by Crippen LogP contribution is 2.65. The van der Waals surface area contributed by atoms with E-state index in [1.807, 2.05) is 13.0 Å². The van der Waals surface area contributed by atoms with E-state index in [0.717, 1.165) is 55.7 Å². The molecule has 0 unspecified atom stereocenters. The normalized spacial score (nSPS) is 17.6. The first kappa shape index (κ1) is 28.2. The Balaban J connectivity index is 1.45. The number of hydrogen-bond donors (Lipinski definition) is 1. The monoisotopic (exact) mass is 588 g/mol. The van der Waals surface area contributed by atoms with E-state index in [4.69, 9.17) is 9.47 Å². The second-order valence-electron chi connectivity index (χ2n) is 14.0. The number of phenols is 1. The molecule has 0 bridgehead atoms. The molecule has 1 spiro atoms. The molecule has 220 valence electrons. The molecular weight excluding hydrogens is 548 g/mol. The Morgan fingerprint density at radius 1 is 0.721 bits per heavy atom. The third kappa shape index (κ3) is 4.57. The summed E-state index contributed by atoms with van der Waals surface area (Å²) >= 11 is 1.62. The lowest BCUT2D eigenvalue weighted by Crippen LogP contribution is -2.43. The fraction of sp³-hybridized carbons (Fsp3) is 0.333. The maximum absolute atomic E-state index is 11.8. The Labute approximate surface area is 259 Å². The molecule has 0 aromatic heterocycles. The van der Waals surface area contributed by atoms with Gasteiger partial charge < -0.3 is 14.6 Å². The molecule has 2 aliphatic carbocycles. The van der Waals surface area contributed by atoms with Crippen LogP contribution in [-0.2, 0) is 5.41 Å². The van der Waals surface area contributed by atoms with Crippen LogP contribution < -0.4 is 9.47 Å². The van der Waals surface area contributed by atoms with Gasteiger partial charge in [0.15, 0.2) is 0 Å². The lowest BCUT2D eigenvalue weighted by atomic mass is 9.52. The van der Waals surface area contributed by atoms with Crippen molar-refractivity contribution in [2.45, 2.75) is 69.1 Å². The van der Waals surface area contributed by atoms with Crippen molar-refractivity contribution in [2.75, 3.05) is 13.7 Å². The summed E-state index contributed by atoms with van der Waals surface area (Å²) < 4.78 is 12.1. The molecule has 0 aliphatic heterocycles. The minimum absolute atomic E-state index is 0.138. The van der Waals surface area contributed by atoms with Crippen molar-refractivity contribution in [3.8, 4) is 28.4 Å². The van der Waals surface area contributed by atoms with Gasteiger partial charge in [0.1, 0.15) is 17.2 Å². The van der Waals surface area contributed by atoms with Crippen molar-refractivity contribution in [2.24, 2.45) is 10.8 Å². The van der Waals surface area contributed by atoms with Gasteiger partial charge in [-0.25, -0.2) is 0 Å². The predicted octanol–water partition coefficient (Wildman–Crippen LogP) is 10.8. The molecule has 0 radical (unpaired) electrons. The Bertz CT molecular complexity index is 1890. The zero-order valence-electron chi connectivity index (χ0n) is 26.0. The summed E-state index contributed by atoms with van der Waals surface area (Å²) in [6.45, 7) is 12.2. The molecule has 1 fully saturated rings. The third-order valence-electron chi connectivity index (χ3n) is 9.48. The van der Waals surface area contributed by atoms with Gasteiger partial charge in [0.2, 0.25) is 0 Å². The number of rotatable bonds is 5. The SMILES string of the molecule is CCOc1cc2c3c(cc(O)c2cc1Sc1cc2ccccc2cc1OC)C1(CC(C)(C)CC(C)(C)C1)c1ccccc1-3. The summed E-state index contributed by atoms with van der Waals surface area (Å²) in [6, 6.07) is 27.9. The minimum Gasteiger partial charge on any atom is -0.507 e. The number of methoxy groups -OCH3 is 1. The second-order valence-corrected chi connectivity index (χ2v) is 15.1. The van der Waals surface area contributed by atoms with E-state index in [9.17, 15) is 5.11 Å². The van der Waals surface area contributed by atoms with Crippen LogP contribution in [0.4, 0.5) is 0 Å². The maximum atomic E-state index is 11.8. The molecule has 3 nitrogen and oxygen atoms in total. The average molecular weight is 589 g/mol. The van der Waals surface area contributed by atoms with E-state index in [1.165, 1.54) is 28.7 Å². The summed E-state index contributed by atoms with van der Waals surface area (Å²) in [5, 5.41) is 16.0. The number of phenolic OH excluding ortho intramolecular Hbond substituents is 1. The first-order valence-corrected chi connectivity index (χ1v) is 16.2. The van der Waals surface area contributed by atoms with Crippen LogP contribution in [0.15, 0.2) is 88.7 Å². The predicted molar refractivity (Wildman–Crippen MR) is 179 cm³/mol. The average Bonchev–Trinajstić information content (AvgIpc) is 3.19. The van der Waals surface area contributed by atoms with Crippen LogP contribution >= 0.6 is 11.8 Å². The van der Waals surface area contributed by atoms with Gasteiger partial charge in [0.05, 0.1) is 23.5 Å². The van der Waals surface area contributed by atoms with Crippen LogP contribution in [0, 0.1) is 10.8 Å². The Morgan fingerprint density at radius 3 is 2.07 bits per heavy atom. The standard InChI is InChI=1S/C39H40O3S/c1-7-42-33-18-28-27(19-35(33)43-34-17-25-13-9-8-12-24(25)16-32(34)41-6)31(40)20-30-36(28)26-14-10-11-15-29(26)39(30)22-37(2,3)21-38(4,5)23-39/h8-20,40H,7,21-23H2,1-6H3. The lowest BCUT2D eigenvalue weighted by Gasteiger charge is -2.51. The van der Waals surface area contributed by atoms with Gasteiger partial charge in [-0.3, -0.25) is 0 Å². The zero-order valence-corrected chi connectivity index (χ0v) is 26.8. The second kappa shape index (κ2) is 9.95. The van der Waals surface area contributed by atoms with E-state index in [2.05, 4.69) is 100 Å². The van der Waals surface area contributed by atoms with Crippen LogP contribution in [-0.4, -0.2) is 18.8 Å². The molecular formula is C39H40O3S. The molecule has 4 heteroatoms. The molecule has 0 amide bonds. The van der Waals surface area contributed by atoms with Crippen molar-refractivity contribution in [1.82, 2.24) is 0 Å². The van der Waals surface area contributed by atoms with Gasteiger partial charge in [-0.2, -0.15) is 0 Å². The van der Waals surface area contributed by atoms with Gasteiger partial charge in [0, 0.05) is 10.8 Å². The van der Waals surface area contributed by atoms with E-state index in [1.54, 1.807) is 18.9 Å². The van der Waals surface area contributed by atoms with Crippen LogP contribution in [0.25, 0.3) is 32.7 Å². The van der Waals surface area contributed by atoms with Gasteiger partial charge in [-0.05, 0) is 106 Å². The lowest BCUT2D eigenvalue weighted by molar-refractivity contribution is 0.0645. The highest BCUT2D eigenvalue weighted by Gasteiger charge is 2.53. The Morgan fingerprint density at radius 2 is 1.37 bits per heavy atom. The van der Waals surface area contributed by atoms with Gasteiger partial charge >= 0.3 is 0 Å². The largest absolute Gasteiger partial charge is 0.507 e. The van der Waals surface area contributed by atoms with Crippen molar-refractivity contribution < 1.29 is 14.6 Å². The molecule has 5 aromatic rings. The van der Waals surface area contributed by atoms with Crippen molar-refractivity contribution >= 4 is 33.3 Å². The minimum atomic E-state index is -0.138. The molecule has 2 aliphatic rings. The van der Waals surface area contributed by atoms with Gasteiger partial charge in [0.25, 0.3) is 0 Å². The molecule has 7 rings (SSSR count). The van der Waals surface area contributed by atoms with E-state index in [0.29, 0.717) is 12.4 Å². The smallest absolute Gasteiger partial charge is 0.133 e. The van der Waals surface area contributed by atoms with Crippen LogP contribution in [0.3, 0.4) is 0 Å². The highest BCUT2D eigenvalue weighted by atomic mass is 32.2. The van der Waals surface area contributed by atoms with Gasteiger partial charge in [-0.1, -0.05) is 88.0 Å². The van der Waals surface area contributed by atoms with Crippen LogP contribution in [0.2, 0.25) is 0 Å². The van der Waals surface area contributed by atoms with E-state index < -0.39 is 0 Å². The van der Waals surface area contributed by atoms with Crippen molar-refractivity contribution in [1.29, 1.82) is 0 Å². The Kier molecular flexibility index (Phi) is 6.52.